The number of aromatic nitrogens is 2. The van der Waals surface area contributed by atoms with E-state index in [1.807, 2.05) is 12.1 Å². The van der Waals surface area contributed by atoms with Crippen LogP contribution in [-0.4, -0.2) is 9.97 Å². The van der Waals surface area contributed by atoms with Gasteiger partial charge in [-0.15, -0.1) is 0 Å². The molecule has 0 aliphatic heterocycles. The van der Waals surface area contributed by atoms with Gasteiger partial charge in [0.05, 0.1) is 0 Å². The average molecular weight is 281 g/mol. The molecule has 76 valence electrons. The lowest BCUT2D eigenvalue weighted by molar-refractivity contribution is 1.03. The molecule has 1 heterocycles. The van der Waals surface area contributed by atoms with Gasteiger partial charge in [-0.2, -0.15) is 0 Å². The van der Waals surface area contributed by atoms with Crippen LogP contribution < -0.4 is 0 Å². The molecule has 0 bridgehead atoms. The molecule has 0 radical (unpaired) electrons. The number of benzene rings is 1. The highest BCUT2D eigenvalue weighted by molar-refractivity contribution is 9.10. The molecule has 0 saturated carbocycles. The molecular weight excluding hydrogens is 272 g/mol. The van der Waals surface area contributed by atoms with Crippen LogP contribution in [0.2, 0.25) is 0 Å². The van der Waals surface area contributed by atoms with Crippen molar-refractivity contribution in [2.24, 2.45) is 0 Å². The summed E-state index contributed by atoms with van der Waals surface area (Å²) in [7, 11) is 0. The summed E-state index contributed by atoms with van der Waals surface area (Å²) in [5.74, 6) is 0. The Labute approximate surface area is 101 Å². The van der Waals surface area contributed by atoms with Gasteiger partial charge < -0.3 is 0 Å². The van der Waals surface area contributed by atoms with Crippen LogP contribution in [0.3, 0.4) is 0 Å². The minimum absolute atomic E-state index is 0.813. The predicted octanol–water partition coefficient (Wildman–Crippen LogP) is 3.70. The van der Waals surface area contributed by atoms with Gasteiger partial charge in [-0.3, -0.25) is 0 Å². The van der Waals surface area contributed by atoms with Gasteiger partial charge >= 0.3 is 0 Å². The Morgan fingerprint density at radius 3 is 2.80 bits per heavy atom. The minimum atomic E-state index is 0.813. The smallest absolute Gasteiger partial charge is 0.118 e. The zero-order valence-corrected chi connectivity index (χ0v) is 10.5. The predicted molar refractivity (Wildman–Crippen MR) is 65.0 cm³/mol. The van der Waals surface area contributed by atoms with E-state index in [-0.39, 0.29) is 0 Å². The van der Waals surface area contributed by atoms with Crippen molar-refractivity contribution >= 4 is 27.7 Å². The van der Waals surface area contributed by atoms with Crippen LogP contribution in [0.15, 0.2) is 51.2 Å². The van der Waals surface area contributed by atoms with Gasteiger partial charge in [-0.1, -0.05) is 29.5 Å². The number of hydrogen-bond acceptors (Lipinski definition) is 3. The molecule has 2 nitrogen and oxygen atoms in total. The number of hydrogen-bond donors (Lipinski definition) is 0. The van der Waals surface area contributed by atoms with E-state index in [2.05, 4.69) is 51.0 Å². The van der Waals surface area contributed by atoms with E-state index >= 15 is 0 Å². The maximum absolute atomic E-state index is 4.19. The summed E-state index contributed by atoms with van der Waals surface area (Å²) in [4.78, 5) is 9.37. The molecule has 1 aromatic heterocycles. The van der Waals surface area contributed by atoms with Crippen molar-refractivity contribution in [2.75, 3.05) is 0 Å². The first kappa shape index (κ1) is 10.6. The van der Waals surface area contributed by atoms with Gasteiger partial charge in [0.25, 0.3) is 0 Å². The molecule has 1 aromatic carbocycles. The summed E-state index contributed by atoms with van der Waals surface area (Å²) in [6, 6.07) is 10.3. The molecule has 0 spiro atoms. The Kier molecular flexibility index (Phi) is 3.38. The van der Waals surface area contributed by atoms with Crippen molar-refractivity contribution in [1.29, 1.82) is 0 Å². The third kappa shape index (κ3) is 3.04. The highest BCUT2D eigenvalue weighted by atomic mass is 79.9. The van der Waals surface area contributed by atoms with Gasteiger partial charge in [-0.05, 0) is 35.0 Å². The lowest BCUT2D eigenvalue weighted by Crippen LogP contribution is -1.83. The molecule has 0 N–H and O–H groups in total. The van der Waals surface area contributed by atoms with E-state index in [0.717, 1.165) is 9.63 Å². The van der Waals surface area contributed by atoms with Crippen molar-refractivity contribution in [3.63, 3.8) is 0 Å². The van der Waals surface area contributed by atoms with Gasteiger partial charge in [0.1, 0.15) is 16.0 Å². The summed E-state index contributed by atoms with van der Waals surface area (Å²) < 4.78 is 0.813. The molecule has 0 atom stereocenters. The van der Waals surface area contributed by atoms with Crippen molar-refractivity contribution in [2.45, 2.75) is 16.8 Å². The highest BCUT2D eigenvalue weighted by Crippen LogP contribution is 2.27. The highest BCUT2D eigenvalue weighted by Gasteiger charge is 1.99. The van der Waals surface area contributed by atoms with E-state index in [0.29, 0.717) is 0 Å². The topological polar surface area (TPSA) is 25.8 Å². The van der Waals surface area contributed by atoms with Crippen LogP contribution in [-0.2, 0) is 0 Å². The Bertz CT molecular complexity index is 430. The maximum Gasteiger partial charge on any atom is 0.118 e. The summed E-state index contributed by atoms with van der Waals surface area (Å²) >= 11 is 4.96. The van der Waals surface area contributed by atoms with E-state index in [1.165, 1.54) is 10.5 Å². The summed E-state index contributed by atoms with van der Waals surface area (Å²) in [6.45, 7) is 2.08. The molecule has 0 fully saturated rings. The summed E-state index contributed by atoms with van der Waals surface area (Å²) in [5, 5.41) is 0.947. The lowest BCUT2D eigenvalue weighted by Gasteiger charge is -2.01. The quantitative estimate of drug-likeness (QED) is 0.785. The summed E-state index contributed by atoms with van der Waals surface area (Å²) in [5.41, 5.74) is 1.26. The molecule has 0 aliphatic carbocycles. The van der Waals surface area contributed by atoms with Crippen molar-refractivity contribution in [1.82, 2.24) is 9.97 Å². The lowest BCUT2D eigenvalue weighted by atomic mass is 10.2. The first-order chi connectivity index (χ1) is 7.24. The van der Waals surface area contributed by atoms with Crippen LogP contribution >= 0.6 is 27.7 Å². The number of halogens is 1. The van der Waals surface area contributed by atoms with Gasteiger partial charge in [0.2, 0.25) is 0 Å². The fourth-order valence-electron chi connectivity index (χ4n) is 1.17. The van der Waals surface area contributed by atoms with E-state index in [4.69, 9.17) is 0 Å². The van der Waals surface area contributed by atoms with Crippen LogP contribution in [0.25, 0.3) is 0 Å². The standard InChI is InChI=1S/C11H9BrN2S/c1-8-3-2-4-9(5-8)15-11-6-10(12)13-7-14-11/h2-7H,1H3. The second-order valence-electron chi connectivity index (χ2n) is 3.10. The Morgan fingerprint density at radius 1 is 1.20 bits per heavy atom. The van der Waals surface area contributed by atoms with Crippen LogP contribution in [0.4, 0.5) is 0 Å². The zero-order chi connectivity index (χ0) is 10.7. The third-order valence-corrected chi connectivity index (χ3v) is 3.18. The number of rotatable bonds is 2. The van der Waals surface area contributed by atoms with E-state index in [1.54, 1.807) is 18.1 Å². The molecule has 2 aromatic rings. The first-order valence-corrected chi connectivity index (χ1v) is 6.07. The van der Waals surface area contributed by atoms with Gasteiger partial charge in [-0.25, -0.2) is 9.97 Å². The van der Waals surface area contributed by atoms with Crippen molar-refractivity contribution in [3.05, 3.63) is 46.8 Å². The van der Waals surface area contributed by atoms with E-state index in [9.17, 15) is 0 Å². The van der Waals surface area contributed by atoms with E-state index < -0.39 is 0 Å². The van der Waals surface area contributed by atoms with Gasteiger partial charge in [0.15, 0.2) is 0 Å². The molecule has 0 amide bonds. The SMILES string of the molecule is Cc1cccc(Sc2cc(Br)ncn2)c1. The molecule has 4 heteroatoms. The molecule has 0 saturated heterocycles. The fourth-order valence-corrected chi connectivity index (χ4v) is 2.54. The number of aryl methyl sites for hydroxylation is 1. The normalized spacial score (nSPS) is 10.3. The number of nitrogens with zero attached hydrogens (tertiary/aromatic N) is 2. The molecular formula is C11H9BrN2S. The van der Waals surface area contributed by atoms with Crippen LogP contribution in [0, 0.1) is 6.92 Å². The first-order valence-electron chi connectivity index (χ1n) is 4.46. The minimum Gasteiger partial charge on any atom is -0.230 e. The Balaban J connectivity index is 2.22. The molecule has 0 aliphatic rings. The molecule has 0 unspecified atom stereocenters. The Morgan fingerprint density at radius 2 is 2.07 bits per heavy atom. The molecule has 15 heavy (non-hydrogen) atoms. The average Bonchev–Trinajstić information content (AvgIpc) is 2.17. The summed E-state index contributed by atoms with van der Waals surface area (Å²) in [6.07, 6.45) is 1.56. The largest absolute Gasteiger partial charge is 0.230 e. The third-order valence-electron chi connectivity index (χ3n) is 1.82. The maximum atomic E-state index is 4.19. The second kappa shape index (κ2) is 4.77. The monoisotopic (exact) mass is 280 g/mol. The second-order valence-corrected chi connectivity index (χ2v) is 5.00. The van der Waals surface area contributed by atoms with Crippen molar-refractivity contribution in [3.8, 4) is 0 Å². The van der Waals surface area contributed by atoms with Gasteiger partial charge in [0, 0.05) is 11.0 Å². The van der Waals surface area contributed by atoms with Crippen LogP contribution in [0.5, 0.6) is 0 Å². The van der Waals surface area contributed by atoms with Crippen LogP contribution in [0.1, 0.15) is 5.56 Å². The molecule has 2 rings (SSSR count). The Hall–Kier alpha value is -0.870. The fraction of sp³-hybridized carbons (Fsp3) is 0.0909. The van der Waals surface area contributed by atoms with Crippen molar-refractivity contribution < 1.29 is 0 Å². The zero-order valence-electron chi connectivity index (χ0n) is 8.14.